The van der Waals surface area contributed by atoms with E-state index >= 15 is 0 Å². The molecule has 162 valence electrons. The minimum Gasteiger partial charge on any atom is -0.363 e. The van der Waals surface area contributed by atoms with Crippen molar-refractivity contribution in [2.45, 2.75) is 32.9 Å². The zero-order valence-electron chi connectivity index (χ0n) is 18.3. The minimum atomic E-state index is -0.455. The fourth-order valence-electron chi connectivity index (χ4n) is 3.78. The van der Waals surface area contributed by atoms with Gasteiger partial charge < -0.3 is 10.2 Å². The molecule has 0 spiro atoms. The summed E-state index contributed by atoms with van der Waals surface area (Å²) < 4.78 is 14.7. The van der Waals surface area contributed by atoms with E-state index in [9.17, 15) is 9.18 Å². The lowest BCUT2D eigenvalue weighted by molar-refractivity contribution is 0.0996. The molecule has 4 rings (SSSR count). The van der Waals surface area contributed by atoms with Crippen molar-refractivity contribution in [1.29, 1.82) is 0 Å². The SMILES string of the molecule is CNCc1nc(N(C)C)cc2c1CN(c1ccc(F)c(-c3cn[nH]c3C(C)C)n1)C2=O. The molecule has 0 bridgehead atoms. The average molecular weight is 423 g/mol. The van der Waals surface area contributed by atoms with Gasteiger partial charge in [0.1, 0.15) is 23.1 Å². The van der Waals surface area contributed by atoms with Crippen LogP contribution in [0.3, 0.4) is 0 Å². The third-order valence-corrected chi connectivity index (χ3v) is 5.40. The van der Waals surface area contributed by atoms with E-state index in [0.717, 1.165) is 17.0 Å². The van der Waals surface area contributed by atoms with Crippen molar-refractivity contribution in [2.75, 3.05) is 30.9 Å². The number of hydrogen-bond acceptors (Lipinski definition) is 6. The van der Waals surface area contributed by atoms with E-state index in [1.807, 2.05) is 39.9 Å². The first-order valence-electron chi connectivity index (χ1n) is 10.2. The van der Waals surface area contributed by atoms with Crippen molar-refractivity contribution in [3.8, 4) is 11.3 Å². The summed E-state index contributed by atoms with van der Waals surface area (Å²) in [6, 6.07) is 4.69. The Kier molecular flexibility index (Phi) is 5.45. The Hall–Kier alpha value is -3.33. The molecule has 1 aliphatic heterocycles. The third kappa shape index (κ3) is 3.65. The monoisotopic (exact) mass is 423 g/mol. The number of anilines is 2. The van der Waals surface area contributed by atoms with Gasteiger partial charge in [-0.1, -0.05) is 13.8 Å². The third-order valence-electron chi connectivity index (χ3n) is 5.40. The highest BCUT2D eigenvalue weighted by Gasteiger charge is 2.33. The van der Waals surface area contributed by atoms with Gasteiger partial charge in [-0.15, -0.1) is 0 Å². The molecule has 0 saturated heterocycles. The number of halogens is 1. The van der Waals surface area contributed by atoms with E-state index in [-0.39, 0.29) is 17.5 Å². The van der Waals surface area contributed by atoms with Crippen LogP contribution in [-0.4, -0.2) is 47.2 Å². The number of aromatic nitrogens is 4. The fraction of sp³-hybridized carbons (Fsp3) is 0.364. The normalized spacial score (nSPS) is 13.3. The number of aromatic amines is 1. The molecule has 9 heteroatoms. The van der Waals surface area contributed by atoms with Crippen molar-refractivity contribution >= 4 is 17.5 Å². The summed E-state index contributed by atoms with van der Waals surface area (Å²) in [7, 11) is 5.62. The van der Waals surface area contributed by atoms with Crippen LogP contribution in [0.4, 0.5) is 16.0 Å². The molecule has 0 aliphatic carbocycles. The second kappa shape index (κ2) is 8.07. The maximum Gasteiger partial charge on any atom is 0.260 e. The van der Waals surface area contributed by atoms with Gasteiger partial charge in [0.2, 0.25) is 0 Å². The number of carbonyl (C=O) groups is 1. The molecule has 31 heavy (non-hydrogen) atoms. The Bertz CT molecular complexity index is 1140. The van der Waals surface area contributed by atoms with Crippen molar-refractivity contribution in [3.63, 3.8) is 0 Å². The van der Waals surface area contributed by atoms with Gasteiger partial charge in [0, 0.05) is 37.5 Å². The Morgan fingerprint density at radius 2 is 2.03 bits per heavy atom. The zero-order valence-corrected chi connectivity index (χ0v) is 18.3. The standard InChI is InChI=1S/C22H26FN7O/c1-12(2)20-14(9-25-28-20)21-16(23)6-7-18(27-21)30-11-15-13(22(30)31)8-19(29(4)5)26-17(15)10-24-3/h6-9,12,24H,10-11H2,1-5H3,(H,25,28). The number of rotatable bonds is 6. The van der Waals surface area contributed by atoms with Gasteiger partial charge in [0.15, 0.2) is 0 Å². The van der Waals surface area contributed by atoms with Gasteiger partial charge in [-0.2, -0.15) is 5.10 Å². The topological polar surface area (TPSA) is 90.0 Å². The second-order valence-electron chi connectivity index (χ2n) is 8.12. The van der Waals surface area contributed by atoms with Crippen molar-refractivity contribution in [2.24, 2.45) is 0 Å². The molecular weight excluding hydrogens is 397 g/mol. The van der Waals surface area contributed by atoms with E-state index in [0.29, 0.717) is 35.9 Å². The maximum atomic E-state index is 14.7. The average Bonchev–Trinajstić information content (AvgIpc) is 3.34. The van der Waals surface area contributed by atoms with Crippen LogP contribution in [-0.2, 0) is 13.1 Å². The van der Waals surface area contributed by atoms with E-state index in [1.165, 1.54) is 12.1 Å². The first-order valence-corrected chi connectivity index (χ1v) is 10.2. The zero-order chi connectivity index (χ0) is 22.3. The number of hydrogen-bond donors (Lipinski definition) is 2. The highest BCUT2D eigenvalue weighted by atomic mass is 19.1. The lowest BCUT2D eigenvalue weighted by atomic mass is 10.0. The smallest absolute Gasteiger partial charge is 0.260 e. The van der Waals surface area contributed by atoms with Gasteiger partial charge in [0.25, 0.3) is 5.91 Å². The molecule has 0 atom stereocenters. The molecular formula is C22H26FN7O. The molecule has 0 radical (unpaired) electrons. The quantitative estimate of drug-likeness (QED) is 0.633. The van der Waals surface area contributed by atoms with Crippen molar-refractivity contribution in [1.82, 2.24) is 25.5 Å². The number of amides is 1. The Morgan fingerprint density at radius 3 is 2.71 bits per heavy atom. The summed E-state index contributed by atoms with van der Waals surface area (Å²) in [6.07, 6.45) is 1.57. The molecule has 4 heterocycles. The molecule has 0 saturated carbocycles. The molecule has 2 N–H and O–H groups in total. The number of fused-ring (bicyclic) bond motifs is 1. The lowest BCUT2D eigenvalue weighted by Gasteiger charge is -2.16. The number of carbonyl (C=O) groups excluding carboxylic acids is 1. The van der Waals surface area contributed by atoms with Crippen LogP contribution in [0.5, 0.6) is 0 Å². The first kappa shape index (κ1) is 20.9. The first-order chi connectivity index (χ1) is 14.8. The number of pyridine rings is 2. The predicted octanol–water partition coefficient (Wildman–Crippen LogP) is 3.08. The molecule has 1 aliphatic rings. The van der Waals surface area contributed by atoms with Gasteiger partial charge in [0.05, 0.1) is 24.0 Å². The molecule has 0 aromatic carbocycles. The van der Waals surface area contributed by atoms with E-state index < -0.39 is 5.82 Å². The van der Waals surface area contributed by atoms with E-state index in [1.54, 1.807) is 17.2 Å². The number of nitrogens with zero attached hydrogens (tertiary/aromatic N) is 5. The summed E-state index contributed by atoms with van der Waals surface area (Å²) in [5.74, 6) is 0.615. The van der Waals surface area contributed by atoms with Crippen LogP contribution >= 0.6 is 0 Å². The van der Waals surface area contributed by atoms with Crippen LogP contribution in [0.2, 0.25) is 0 Å². The maximum absolute atomic E-state index is 14.7. The van der Waals surface area contributed by atoms with Crippen LogP contribution in [0, 0.1) is 5.82 Å². The van der Waals surface area contributed by atoms with Gasteiger partial charge in [-0.05, 0) is 31.2 Å². The van der Waals surface area contributed by atoms with Crippen molar-refractivity contribution < 1.29 is 9.18 Å². The highest BCUT2D eigenvalue weighted by molar-refractivity contribution is 6.10. The Morgan fingerprint density at radius 1 is 1.26 bits per heavy atom. The minimum absolute atomic E-state index is 0.125. The van der Waals surface area contributed by atoms with Crippen molar-refractivity contribution in [3.05, 3.63) is 52.7 Å². The molecule has 8 nitrogen and oxygen atoms in total. The van der Waals surface area contributed by atoms with Crippen LogP contribution < -0.4 is 15.1 Å². The highest BCUT2D eigenvalue weighted by Crippen LogP contribution is 2.34. The molecule has 0 fully saturated rings. The summed E-state index contributed by atoms with van der Waals surface area (Å²) in [5, 5.41) is 10.1. The van der Waals surface area contributed by atoms with Gasteiger partial charge >= 0.3 is 0 Å². The number of H-pyrrole nitrogens is 1. The van der Waals surface area contributed by atoms with Crippen LogP contribution in [0.25, 0.3) is 11.3 Å². The van der Waals surface area contributed by atoms with Gasteiger partial charge in [-0.25, -0.2) is 14.4 Å². The molecule has 3 aromatic rings. The number of nitrogens with one attached hydrogen (secondary N) is 2. The summed E-state index contributed by atoms with van der Waals surface area (Å²) in [4.78, 5) is 26.0. The van der Waals surface area contributed by atoms with Gasteiger partial charge in [-0.3, -0.25) is 14.8 Å². The van der Waals surface area contributed by atoms with Crippen LogP contribution in [0.1, 0.15) is 47.1 Å². The predicted molar refractivity (Wildman–Crippen MR) is 118 cm³/mol. The molecule has 3 aromatic heterocycles. The summed E-state index contributed by atoms with van der Waals surface area (Å²) in [6.45, 7) is 4.88. The summed E-state index contributed by atoms with van der Waals surface area (Å²) >= 11 is 0. The van der Waals surface area contributed by atoms with E-state index in [4.69, 9.17) is 4.98 Å². The second-order valence-corrected chi connectivity index (χ2v) is 8.12. The lowest BCUT2D eigenvalue weighted by Crippen LogP contribution is -2.24. The van der Waals surface area contributed by atoms with Crippen LogP contribution in [0.15, 0.2) is 24.4 Å². The fourth-order valence-corrected chi connectivity index (χ4v) is 3.78. The Balaban J connectivity index is 1.76. The van der Waals surface area contributed by atoms with E-state index in [2.05, 4.69) is 20.5 Å². The Labute approximate surface area is 180 Å². The largest absolute Gasteiger partial charge is 0.363 e. The molecule has 1 amide bonds. The molecule has 0 unspecified atom stereocenters. The summed E-state index contributed by atoms with van der Waals surface area (Å²) in [5.41, 5.74) is 3.87.